The van der Waals surface area contributed by atoms with Gasteiger partial charge in [0.1, 0.15) is 0 Å². The van der Waals surface area contributed by atoms with Gasteiger partial charge in [-0.05, 0) is 18.1 Å². The molecule has 2 aromatic carbocycles. The van der Waals surface area contributed by atoms with Crippen molar-refractivity contribution in [3.8, 4) is 0 Å². The molecule has 1 saturated heterocycles. The smallest absolute Gasteiger partial charge is 0.331 e. The fraction of sp³-hybridized carbons (Fsp3) is 0.176. The minimum absolute atomic E-state index is 0.321. The van der Waals surface area contributed by atoms with E-state index in [-0.39, 0.29) is 5.92 Å². The first-order valence-corrected chi connectivity index (χ1v) is 6.50. The molecule has 0 unspecified atom stereocenters. The van der Waals surface area contributed by atoms with Gasteiger partial charge in [-0.15, -0.1) is 0 Å². The van der Waals surface area contributed by atoms with Crippen molar-refractivity contribution in [1.82, 2.24) is 0 Å². The standard InChI is InChI=1S/C17H14O3/c1-17(15(18)20-16(17)19)14(12-8-4-2-5-9-12)13-10-6-3-7-11-13/h2-11,14H,1H3. The van der Waals surface area contributed by atoms with Crippen LogP contribution in [0.25, 0.3) is 0 Å². The van der Waals surface area contributed by atoms with E-state index in [1.807, 2.05) is 60.7 Å². The number of benzene rings is 2. The lowest BCUT2D eigenvalue weighted by molar-refractivity contribution is -0.196. The fourth-order valence-electron chi connectivity index (χ4n) is 2.72. The van der Waals surface area contributed by atoms with Gasteiger partial charge in [-0.1, -0.05) is 60.7 Å². The fourth-order valence-corrected chi connectivity index (χ4v) is 2.72. The second-order valence-corrected chi connectivity index (χ2v) is 5.13. The molecule has 2 aromatic rings. The number of cyclic esters (lactones) is 2. The lowest BCUT2D eigenvalue weighted by Gasteiger charge is -2.39. The molecule has 3 heteroatoms. The predicted molar refractivity (Wildman–Crippen MR) is 73.9 cm³/mol. The van der Waals surface area contributed by atoms with Gasteiger partial charge >= 0.3 is 11.9 Å². The first-order chi connectivity index (χ1) is 9.64. The molecule has 0 saturated carbocycles. The minimum Gasteiger partial charge on any atom is -0.391 e. The second kappa shape index (κ2) is 4.60. The maximum absolute atomic E-state index is 11.9. The predicted octanol–water partition coefficient (Wildman–Crippen LogP) is 2.91. The molecule has 0 atom stereocenters. The second-order valence-electron chi connectivity index (χ2n) is 5.13. The van der Waals surface area contributed by atoms with Crippen LogP contribution < -0.4 is 0 Å². The summed E-state index contributed by atoms with van der Waals surface area (Å²) >= 11 is 0. The van der Waals surface area contributed by atoms with Gasteiger partial charge < -0.3 is 4.74 Å². The average Bonchev–Trinajstić information content (AvgIpc) is 2.50. The van der Waals surface area contributed by atoms with Crippen molar-refractivity contribution in [2.75, 3.05) is 0 Å². The van der Waals surface area contributed by atoms with Crippen molar-refractivity contribution >= 4 is 11.9 Å². The third kappa shape index (κ3) is 1.74. The van der Waals surface area contributed by atoms with Crippen LogP contribution in [0.3, 0.4) is 0 Å². The Labute approximate surface area is 117 Å². The van der Waals surface area contributed by atoms with Crippen LogP contribution in [0.2, 0.25) is 0 Å². The van der Waals surface area contributed by atoms with Crippen molar-refractivity contribution < 1.29 is 14.3 Å². The monoisotopic (exact) mass is 266 g/mol. The Balaban J connectivity index is 2.15. The van der Waals surface area contributed by atoms with E-state index in [1.54, 1.807) is 6.92 Å². The van der Waals surface area contributed by atoms with Crippen molar-refractivity contribution in [2.45, 2.75) is 12.8 Å². The summed E-state index contributed by atoms with van der Waals surface area (Å²) in [6.07, 6.45) is 0. The van der Waals surface area contributed by atoms with Crippen LogP contribution in [0.5, 0.6) is 0 Å². The molecule has 0 spiro atoms. The van der Waals surface area contributed by atoms with E-state index in [4.69, 9.17) is 0 Å². The molecule has 1 aliphatic rings. The summed E-state index contributed by atoms with van der Waals surface area (Å²) in [7, 11) is 0. The number of carbonyl (C=O) groups is 2. The Bertz CT molecular complexity index is 593. The Morgan fingerprint density at radius 3 is 1.55 bits per heavy atom. The first-order valence-electron chi connectivity index (χ1n) is 6.50. The summed E-state index contributed by atoms with van der Waals surface area (Å²) in [6, 6.07) is 19.2. The molecule has 1 fully saturated rings. The van der Waals surface area contributed by atoms with Gasteiger partial charge in [-0.3, -0.25) is 9.59 Å². The lowest BCUT2D eigenvalue weighted by atomic mass is 9.67. The molecule has 0 aromatic heterocycles. The molecule has 0 amide bonds. The molecule has 1 aliphatic heterocycles. The zero-order valence-electron chi connectivity index (χ0n) is 11.1. The number of esters is 2. The first kappa shape index (κ1) is 12.6. The highest BCUT2D eigenvalue weighted by molar-refractivity contribution is 6.14. The maximum atomic E-state index is 11.9. The lowest BCUT2D eigenvalue weighted by Crippen LogP contribution is -2.55. The molecule has 0 aliphatic carbocycles. The normalized spacial score (nSPS) is 16.7. The van der Waals surface area contributed by atoms with Crippen LogP contribution in [0.15, 0.2) is 60.7 Å². The highest BCUT2D eigenvalue weighted by atomic mass is 16.6. The van der Waals surface area contributed by atoms with E-state index in [0.29, 0.717) is 0 Å². The van der Waals surface area contributed by atoms with Crippen LogP contribution >= 0.6 is 0 Å². The maximum Gasteiger partial charge on any atom is 0.331 e. The van der Waals surface area contributed by atoms with Crippen molar-refractivity contribution in [2.24, 2.45) is 5.41 Å². The summed E-state index contributed by atoms with van der Waals surface area (Å²) in [5.74, 6) is -1.24. The summed E-state index contributed by atoms with van der Waals surface area (Å²) in [5, 5.41) is 0. The third-order valence-corrected chi connectivity index (χ3v) is 3.88. The van der Waals surface area contributed by atoms with Gasteiger partial charge in [0.05, 0.1) is 0 Å². The quantitative estimate of drug-likeness (QED) is 0.633. The molecule has 0 bridgehead atoms. The molecular formula is C17H14O3. The third-order valence-electron chi connectivity index (χ3n) is 3.88. The van der Waals surface area contributed by atoms with Gasteiger partial charge in [0.15, 0.2) is 5.41 Å². The van der Waals surface area contributed by atoms with Crippen molar-refractivity contribution in [3.05, 3.63) is 71.8 Å². The van der Waals surface area contributed by atoms with Crippen molar-refractivity contribution in [1.29, 1.82) is 0 Å². The SMILES string of the molecule is CC1(C(c2ccccc2)c2ccccc2)C(=O)OC1=O. The highest BCUT2D eigenvalue weighted by Gasteiger charge is 2.60. The van der Waals surface area contributed by atoms with Gasteiger partial charge in [-0.2, -0.15) is 0 Å². The molecule has 20 heavy (non-hydrogen) atoms. The van der Waals surface area contributed by atoms with Gasteiger partial charge in [0.2, 0.25) is 0 Å². The van der Waals surface area contributed by atoms with Crippen LogP contribution in [-0.2, 0) is 14.3 Å². The van der Waals surface area contributed by atoms with E-state index in [2.05, 4.69) is 4.74 Å². The molecule has 0 N–H and O–H groups in total. The van der Waals surface area contributed by atoms with E-state index >= 15 is 0 Å². The van der Waals surface area contributed by atoms with E-state index in [9.17, 15) is 9.59 Å². The number of carbonyl (C=O) groups excluding carboxylic acids is 2. The summed E-state index contributed by atoms with van der Waals surface area (Å²) in [5.41, 5.74) is 0.736. The van der Waals surface area contributed by atoms with Crippen LogP contribution in [0, 0.1) is 5.41 Å². The molecule has 0 radical (unpaired) electrons. The molecular weight excluding hydrogens is 252 g/mol. The van der Waals surface area contributed by atoms with Crippen LogP contribution in [0.1, 0.15) is 24.0 Å². The van der Waals surface area contributed by atoms with Crippen LogP contribution in [0.4, 0.5) is 0 Å². The Morgan fingerprint density at radius 2 is 1.20 bits per heavy atom. The topological polar surface area (TPSA) is 43.4 Å². The zero-order valence-corrected chi connectivity index (χ0v) is 11.1. The van der Waals surface area contributed by atoms with Gasteiger partial charge in [-0.25, -0.2) is 0 Å². The number of rotatable bonds is 3. The summed E-state index contributed by atoms with van der Waals surface area (Å²) in [6.45, 7) is 1.66. The Morgan fingerprint density at radius 1 is 0.800 bits per heavy atom. The van der Waals surface area contributed by atoms with Gasteiger partial charge in [0, 0.05) is 5.92 Å². The Kier molecular flexibility index (Phi) is 2.90. The summed E-state index contributed by atoms with van der Waals surface area (Å²) in [4.78, 5) is 23.8. The molecule has 3 nitrogen and oxygen atoms in total. The van der Waals surface area contributed by atoms with E-state index in [1.165, 1.54) is 0 Å². The largest absolute Gasteiger partial charge is 0.391 e. The average molecular weight is 266 g/mol. The van der Waals surface area contributed by atoms with E-state index in [0.717, 1.165) is 11.1 Å². The molecule has 1 heterocycles. The minimum atomic E-state index is -1.14. The molecule has 3 rings (SSSR count). The van der Waals surface area contributed by atoms with Gasteiger partial charge in [0.25, 0.3) is 0 Å². The zero-order chi connectivity index (χ0) is 14.2. The number of ether oxygens (including phenoxy) is 1. The molecule has 100 valence electrons. The highest BCUT2D eigenvalue weighted by Crippen LogP contribution is 2.47. The van der Waals surface area contributed by atoms with Crippen LogP contribution in [-0.4, -0.2) is 11.9 Å². The number of hydrogen-bond donors (Lipinski definition) is 0. The van der Waals surface area contributed by atoms with Crippen molar-refractivity contribution in [3.63, 3.8) is 0 Å². The number of hydrogen-bond acceptors (Lipinski definition) is 3. The van der Waals surface area contributed by atoms with E-state index < -0.39 is 17.4 Å². The Hall–Kier alpha value is -2.42. The summed E-state index contributed by atoms with van der Waals surface area (Å²) < 4.78 is 4.60.